The van der Waals surface area contributed by atoms with Crippen molar-refractivity contribution in [1.29, 1.82) is 0 Å². The van der Waals surface area contributed by atoms with Crippen molar-refractivity contribution in [2.45, 2.75) is 11.4 Å². The fraction of sp³-hybridized carbons (Fsp3) is 0.294. The number of primary sulfonamides is 1. The van der Waals surface area contributed by atoms with Crippen molar-refractivity contribution in [2.24, 2.45) is 5.14 Å². The lowest BCUT2D eigenvalue weighted by atomic mass is 10.2. The quantitative estimate of drug-likeness (QED) is 0.764. The van der Waals surface area contributed by atoms with Gasteiger partial charge in [-0.25, -0.2) is 18.5 Å². The number of pyridine rings is 1. The first-order chi connectivity index (χ1) is 12.8. The number of sulfonamides is 1. The van der Waals surface area contributed by atoms with E-state index in [1.807, 2.05) is 12.1 Å². The van der Waals surface area contributed by atoms with Gasteiger partial charge in [-0.1, -0.05) is 17.7 Å². The predicted molar refractivity (Wildman–Crippen MR) is 101 cm³/mol. The number of nitrogens with two attached hydrogens (primary N) is 1. The molecule has 0 atom stereocenters. The summed E-state index contributed by atoms with van der Waals surface area (Å²) in [4.78, 5) is 18.6. The summed E-state index contributed by atoms with van der Waals surface area (Å²) in [5, 5.41) is 7.79. The maximum atomic E-state index is 12.3. The van der Waals surface area contributed by atoms with E-state index in [9.17, 15) is 13.2 Å². The fourth-order valence-corrected chi connectivity index (χ4v) is 3.72. The molecule has 1 aromatic heterocycles. The molecule has 8 nitrogen and oxygen atoms in total. The molecule has 2 heterocycles. The SMILES string of the molecule is NS(=O)(=O)c1cc(C(=O)NCc2ccc(N3CCOCC3)nc2)ccc1Cl. The van der Waals surface area contributed by atoms with Crippen LogP contribution in [-0.2, 0) is 21.3 Å². The molecular weight excluding hydrogens is 392 g/mol. The second-order valence-corrected chi connectivity index (χ2v) is 7.93. The zero-order valence-electron chi connectivity index (χ0n) is 14.4. The van der Waals surface area contributed by atoms with Crippen molar-refractivity contribution in [3.8, 4) is 0 Å². The van der Waals surface area contributed by atoms with Gasteiger partial charge in [0.25, 0.3) is 5.91 Å². The van der Waals surface area contributed by atoms with E-state index < -0.39 is 15.9 Å². The molecule has 1 fully saturated rings. The van der Waals surface area contributed by atoms with E-state index in [2.05, 4.69) is 15.2 Å². The number of benzene rings is 1. The van der Waals surface area contributed by atoms with Crippen molar-refractivity contribution in [2.75, 3.05) is 31.2 Å². The summed E-state index contributed by atoms with van der Waals surface area (Å²) >= 11 is 5.83. The van der Waals surface area contributed by atoms with Crippen molar-refractivity contribution in [1.82, 2.24) is 10.3 Å². The Labute approximate surface area is 162 Å². The largest absolute Gasteiger partial charge is 0.378 e. The number of nitrogens with zero attached hydrogens (tertiary/aromatic N) is 2. The monoisotopic (exact) mass is 410 g/mol. The van der Waals surface area contributed by atoms with Gasteiger partial charge in [-0.2, -0.15) is 0 Å². The first-order valence-corrected chi connectivity index (χ1v) is 10.2. The lowest BCUT2D eigenvalue weighted by Crippen LogP contribution is -2.36. The normalized spacial score (nSPS) is 14.8. The van der Waals surface area contributed by atoms with E-state index in [-0.39, 0.29) is 22.0 Å². The summed E-state index contributed by atoms with van der Waals surface area (Å²) in [6.07, 6.45) is 1.70. The molecular formula is C17H19ClN4O4S. The number of halogens is 1. The van der Waals surface area contributed by atoms with E-state index in [0.29, 0.717) is 13.2 Å². The highest BCUT2D eigenvalue weighted by Crippen LogP contribution is 2.21. The lowest BCUT2D eigenvalue weighted by molar-refractivity contribution is 0.0950. The van der Waals surface area contributed by atoms with E-state index in [1.165, 1.54) is 12.1 Å². The van der Waals surface area contributed by atoms with Crippen LogP contribution in [-0.4, -0.2) is 45.6 Å². The number of hydrogen-bond donors (Lipinski definition) is 2. The van der Waals surface area contributed by atoms with Gasteiger partial charge in [0, 0.05) is 31.4 Å². The Kier molecular flexibility index (Phi) is 5.95. The molecule has 144 valence electrons. The summed E-state index contributed by atoms with van der Waals surface area (Å²) in [5.74, 6) is 0.428. The third kappa shape index (κ3) is 4.95. The molecule has 1 aliphatic heterocycles. The molecule has 0 radical (unpaired) electrons. The molecule has 27 heavy (non-hydrogen) atoms. The van der Waals surface area contributed by atoms with Crippen LogP contribution in [0.4, 0.5) is 5.82 Å². The smallest absolute Gasteiger partial charge is 0.251 e. The van der Waals surface area contributed by atoms with Crippen LogP contribution in [0.1, 0.15) is 15.9 Å². The Morgan fingerprint density at radius 1 is 1.26 bits per heavy atom. The number of ether oxygens (including phenoxy) is 1. The van der Waals surface area contributed by atoms with E-state index >= 15 is 0 Å². The number of amides is 1. The summed E-state index contributed by atoms with van der Waals surface area (Å²) in [5.41, 5.74) is 0.974. The summed E-state index contributed by atoms with van der Waals surface area (Å²) in [6, 6.07) is 7.71. The van der Waals surface area contributed by atoms with Crippen molar-refractivity contribution in [3.63, 3.8) is 0 Å². The Balaban J connectivity index is 1.64. The number of carbonyl (C=O) groups excluding carboxylic acids is 1. The minimum atomic E-state index is -4.01. The second-order valence-electron chi connectivity index (χ2n) is 6.00. The molecule has 0 bridgehead atoms. The third-order valence-corrected chi connectivity index (χ3v) is 5.49. The van der Waals surface area contributed by atoms with Gasteiger partial charge in [0.2, 0.25) is 10.0 Å². The third-order valence-electron chi connectivity index (χ3n) is 4.10. The maximum absolute atomic E-state index is 12.3. The van der Waals surface area contributed by atoms with Crippen LogP contribution in [0.15, 0.2) is 41.4 Å². The highest BCUT2D eigenvalue weighted by molar-refractivity contribution is 7.89. The van der Waals surface area contributed by atoms with Gasteiger partial charge in [-0.3, -0.25) is 4.79 Å². The summed E-state index contributed by atoms with van der Waals surface area (Å²) in [7, 11) is -4.01. The minimum absolute atomic E-state index is 0.0306. The molecule has 0 spiro atoms. The maximum Gasteiger partial charge on any atom is 0.251 e. The van der Waals surface area contributed by atoms with Crippen molar-refractivity contribution in [3.05, 3.63) is 52.7 Å². The van der Waals surface area contributed by atoms with Crippen molar-refractivity contribution >= 4 is 33.3 Å². The van der Waals surface area contributed by atoms with Crippen LogP contribution in [0.2, 0.25) is 5.02 Å². The van der Waals surface area contributed by atoms with Crippen LogP contribution in [0, 0.1) is 0 Å². The highest BCUT2D eigenvalue weighted by atomic mass is 35.5. The predicted octanol–water partition coefficient (Wildman–Crippen LogP) is 1.15. The van der Waals surface area contributed by atoms with Gasteiger partial charge >= 0.3 is 0 Å². The topological polar surface area (TPSA) is 115 Å². The molecule has 1 aliphatic rings. The first-order valence-electron chi connectivity index (χ1n) is 8.23. The average molecular weight is 411 g/mol. The van der Waals surface area contributed by atoms with E-state index in [4.69, 9.17) is 21.5 Å². The number of hydrogen-bond acceptors (Lipinski definition) is 6. The molecule has 3 rings (SSSR count). The molecule has 1 saturated heterocycles. The highest BCUT2D eigenvalue weighted by Gasteiger charge is 2.16. The Morgan fingerprint density at radius 3 is 2.63 bits per heavy atom. The standard InChI is InChI=1S/C17H19ClN4O4S/c18-14-3-2-13(9-15(14)27(19,24)25)17(23)21-11-12-1-4-16(20-10-12)22-5-7-26-8-6-22/h1-4,9-10H,5-8,11H2,(H,21,23)(H2,19,24,25). The van der Waals surface area contributed by atoms with Crippen LogP contribution >= 0.6 is 11.6 Å². The zero-order chi connectivity index (χ0) is 19.4. The molecule has 3 N–H and O–H groups in total. The molecule has 1 amide bonds. The number of morpholine rings is 1. The Morgan fingerprint density at radius 2 is 2.00 bits per heavy atom. The summed E-state index contributed by atoms with van der Waals surface area (Å²) in [6.45, 7) is 3.21. The molecule has 0 aliphatic carbocycles. The first kappa shape index (κ1) is 19.6. The molecule has 0 unspecified atom stereocenters. The minimum Gasteiger partial charge on any atom is -0.378 e. The molecule has 10 heteroatoms. The van der Waals surface area contributed by atoms with Gasteiger partial charge in [0.15, 0.2) is 0 Å². The number of anilines is 1. The Bertz CT molecular complexity index is 928. The van der Waals surface area contributed by atoms with Crippen LogP contribution in [0.5, 0.6) is 0 Å². The number of carbonyl (C=O) groups is 1. The lowest BCUT2D eigenvalue weighted by Gasteiger charge is -2.27. The van der Waals surface area contributed by atoms with Gasteiger partial charge in [-0.05, 0) is 29.8 Å². The van der Waals surface area contributed by atoms with Gasteiger partial charge in [0.05, 0.1) is 18.2 Å². The molecule has 2 aromatic rings. The van der Waals surface area contributed by atoms with Gasteiger partial charge < -0.3 is 15.0 Å². The van der Waals surface area contributed by atoms with Gasteiger partial charge in [0.1, 0.15) is 10.7 Å². The van der Waals surface area contributed by atoms with E-state index in [1.54, 1.807) is 6.20 Å². The van der Waals surface area contributed by atoms with Crippen molar-refractivity contribution < 1.29 is 17.9 Å². The molecule has 0 saturated carbocycles. The van der Waals surface area contributed by atoms with E-state index in [0.717, 1.165) is 30.5 Å². The fourth-order valence-electron chi connectivity index (χ4n) is 2.65. The number of nitrogens with one attached hydrogen (secondary N) is 1. The average Bonchev–Trinajstić information content (AvgIpc) is 2.66. The summed E-state index contributed by atoms with van der Waals surface area (Å²) < 4.78 is 28.3. The number of aromatic nitrogens is 1. The molecule has 1 aromatic carbocycles. The zero-order valence-corrected chi connectivity index (χ0v) is 16.0. The van der Waals surface area contributed by atoms with Crippen LogP contribution in [0.25, 0.3) is 0 Å². The Hall–Kier alpha value is -2.20. The number of rotatable bonds is 5. The second kappa shape index (κ2) is 8.22. The van der Waals surface area contributed by atoms with Gasteiger partial charge in [-0.15, -0.1) is 0 Å². The van der Waals surface area contributed by atoms with Crippen LogP contribution < -0.4 is 15.4 Å². The van der Waals surface area contributed by atoms with Crippen LogP contribution in [0.3, 0.4) is 0 Å².